The fraction of sp³-hybridized carbons (Fsp3) is 0.143. The molecule has 4 aromatic carbocycles. The average molecular weight is 510 g/mol. The van der Waals surface area contributed by atoms with E-state index in [0.717, 1.165) is 67.2 Å². The van der Waals surface area contributed by atoms with Crippen LogP contribution in [0.1, 0.15) is 36.5 Å². The number of hydrogen-bond acceptors (Lipinski definition) is 3. The molecule has 1 N–H and O–H groups in total. The molecule has 6 rings (SSSR count). The zero-order valence-electron chi connectivity index (χ0n) is 22.7. The fourth-order valence-corrected chi connectivity index (χ4v) is 5.37. The Balaban J connectivity index is 1.66. The van der Waals surface area contributed by atoms with Gasteiger partial charge in [-0.15, -0.1) is 0 Å². The number of phenolic OH excluding ortho intramolecular Hbond substituents is 1. The number of aryl methyl sites for hydroxylation is 2. The lowest BCUT2D eigenvalue weighted by Crippen LogP contribution is -2.03. The van der Waals surface area contributed by atoms with Crippen LogP contribution < -0.4 is 0 Å². The van der Waals surface area contributed by atoms with Gasteiger partial charge in [0, 0.05) is 17.3 Å². The summed E-state index contributed by atoms with van der Waals surface area (Å²) in [6.45, 7) is 8.58. The normalized spacial score (nSPS) is 11.4. The molecular weight excluding hydrogens is 478 g/mol. The standard InChI is InChI=1S/C35H31N3O/c1-22(2)25-17-18-32(39)29(21-25)35-37-33-28(26-12-8-13-27(20-26)30-15-5-6-19-36-30)14-9-16-31(33)38(35)34-23(3)10-7-11-24(34)4/h5-22,39H,1-4H3. The number of benzene rings is 4. The molecule has 2 aromatic heterocycles. The van der Waals surface area contributed by atoms with Gasteiger partial charge in [0.05, 0.1) is 28.0 Å². The molecule has 6 aromatic rings. The van der Waals surface area contributed by atoms with Gasteiger partial charge in [-0.25, -0.2) is 4.98 Å². The molecule has 0 radical (unpaired) electrons. The highest BCUT2D eigenvalue weighted by molar-refractivity contribution is 5.96. The summed E-state index contributed by atoms with van der Waals surface area (Å²) < 4.78 is 2.21. The van der Waals surface area contributed by atoms with Gasteiger partial charge in [-0.1, -0.05) is 74.5 Å². The molecule has 0 aliphatic rings. The van der Waals surface area contributed by atoms with Crippen LogP contribution >= 0.6 is 0 Å². The second-order valence-corrected chi connectivity index (χ2v) is 10.4. The monoisotopic (exact) mass is 509 g/mol. The van der Waals surface area contributed by atoms with E-state index in [1.807, 2.05) is 30.5 Å². The minimum atomic E-state index is 0.223. The molecule has 0 spiro atoms. The third kappa shape index (κ3) is 4.38. The van der Waals surface area contributed by atoms with Gasteiger partial charge in [0.25, 0.3) is 0 Å². The Morgan fingerprint density at radius 2 is 1.46 bits per heavy atom. The summed E-state index contributed by atoms with van der Waals surface area (Å²) in [5.41, 5.74) is 11.3. The summed E-state index contributed by atoms with van der Waals surface area (Å²) in [6.07, 6.45) is 1.82. The van der Waals surface area contributed by atoms with E-state index < -0.39 is 0 Å². The molecule has 0 saturated heterocycles. The second-order valence-electron chi connectivity index (χ2n) is 10.4. The molecule has 39 heavy (non-hydrogen) atoms. The van der Waals surface area contributed by atoms with Gasteiger partial charge in [-0.2, -0.15) is 0 Å². The van der Waals surface area contributed by atoms with Crippen LogP contribution in [-0.2, 0) is 0 Å². The lowest BCUT2D eigenvalue weighted by atomic mass is 9.99. The number of hydrogen-bond donors (Lipinski definition) is 1. The van der Waals surface area contributed by atoms with Gasteiger partial charge in [0.15, 0.2) is 0 Å². The second kappa shape index (κ2) is 9.88. The predicted octanol–water partition coefficient (Wildman–Crippen LogP) is 8.87. The van der Waals surface area contributed by atoms with E-state index in [-0.39, 0.29) is 5.75 Å². The number of aromatic hydroxyl groups is 1. The quantitative estimate of drug-likeness (QED) is 0.252. The molecule has 2 heterocycles. The number of rotatable bonds is 5. The smallest absolute Gasteiger partial charge is 0.149 e. The van der Waals surface area contributed by atoms with Crippen molar-refractivity contribution in [3.05, 3.63) is 120 Å². The van der Waals surface area contributed by atoms with Gasteiger partial charge < -0.3 is 5.11 Å². The maximum absolute atomic E-state index is 11.1. The predicted molar refractivity (Wildman–Crippen MR) is 160 cm³/mol. The van der Waals surface area contributed by atoms with E-state index >= 15 is 0 Å². The highest BCUT2D eigenvalue weighted by atomic mass is 16.3. The van der Waals surface area contributed by atoms with Crippen molar-refractivity contribution < 1.29 is 5.11 Å². The minimum absolute atomic E-state index is 0.223. The van der Waals surface area contributed by atoms with Gasteiger partial charge in [-0.05, 0) is 78.4 Å². The summed E-state index contributed by atoms with van der Waals surface area (Å²) in [5.74, 6) is 1.28. The average Bonchev–Trinajstić information content (AvgIpc) is 3.33. The number of imidazole rings is 1. The van der Waals surface area contributed by atoms with E-state index in [1.165, 1.54) is 0 Å². The first kappa shape index (κ1) is 24.6. The Hall–Kier alpha value is -4.70. The lowest BCUT2D eigenvalue weighted by Gasteiger charge is -2.17. The first-order chi connectivity index (χ1) is 18.9. The zero-order valence-corrected chi connectivity index (χ0v) is 22.7. The van der Waals surface area contributed by atoms with Crippen molar-refractivity contribution in [1.82, 2.24) is 14.5 Å². The largest absolute Gasteiger partial charge is 0.507 e. The van der Waals surface area contributed by atoms with E-state index in [9.17, 15) is 5.11 Å². The molecule has 0 saturated carbocycles. The zero-order chi connectivity index (χ0) is 27.1. The topological polar surface area (TPSA) is 50.9 Å². The molecule has 0 bridgehead atoms. The Morgan fingerprint density at radius 3 is 2.21 bits per heavy atom. The van der Waals surface area contributed by atoms with Crippen LogP contribution in [0.3, 0.4) is 0 Å². The van der Waals surface area contributed by atoms with Gasteiger partial charge >= 0.3 is 0 Å². The van der Waals surface area contributed by atoms with Crippen molar-refractivity contribution >= 4 is 11.0 Å². The van der Waals surface area contributed by atoms with Crippen LogP contribution in [0.15, 0.2) is 103 Å². The van der Waals surface area contributed by atoms with E-state index in [2.05, 4.69) is 104 Å². The lowest BCUT2D eigenvalue weighted by molar-refractivity contribution is 0.476. The SMILES string of the molecule is Cc1cccc(C)c1-n1c(-c2cc(C(C)C)ccc2O)nc2c(-c3cccc(-c4ccccn4)c3)cccc21. The Kier molecular flexibility index (Phi) is 6.24. The van der Waals surface area contributed by atoms with Crippen LogP contribution in [0.25, 0.3) is 50.5 Å². The van der Waals surface area contributed by atoms with E-state index in [1.54, 1.807) is 6.07 Å². The minimum Gasteiger partial charge on any atom is -0.507 e. The molecule has 0 aliphatic heterocycles. The third-order valence-electron chi connectivity index (χ3n) is 7.41. The number of nitrogens with zero attached hydrogens (tertiary/aromatic N) is 3. The number of aromatic nitrogens is 3. The Bertz CT molecular complexity index is 1800. The number of fused-ring (bicyclic) bond motifs is 1. The molecular formula is C35H31N3O. The maximum atomic E-state index is 11.1. The number of pyridine rings is 1. The van der Waals surface area contributed by atoms with Crippen LogP contribution in [-0.4, -0.2) is 19.6 Å². The maximum Gasteiger partial charge on any atom is 0.149 e. The van der Waals surface area contributed by atoms with Crippen LogP contribution in [0.5, 0.6) is 5.75 Å². The summed E-state index contributed by atoms with van der Waals surface area (Å²) in [6, 6.07) is 32.9. The van der Waals surface area contributed by atoms with Crippen molar-refractivity contribution in [2.24, 2.45) is 0 Å². The van der Waals surface area contributed by atoms with Crippen LogP contribution in [0, 0.1) is 13.8 Å². The molecule has 0 atom stereocenters. The van der Waals surface area contributed by atoms with Gasteiger partial charge in [0.2, 0.25) is 0 Å². The number of phenols is 1. The van der Waals surface area contributed by atoms with Crippen molar-refractivity contribution in [2.75, 3.05) is 0 Å². The molecule has 0 fully saturated rings. The fourth-order valence-electron chi connectivity index (χ4n) is 5.37. The highest BCUT2D eigenvalue weighted by Crippen LogP contribution is 2.40. The Morgan fingerprint density at radius 1 is 0.718 bits per heavy atom. The van der Waals surface area contributed by atoms with Crippen molar-refractivity contribution in [3.8, 4) is 45.2 Å². The third-order valence-corrected chi connectivity index (χ3v) is 7.41. The molecule has 4 heteroatoms. The highest BCUT2D eigenvalue weighted by Gasteiger charge is 2.22. The molecule has 0 aliphatic carbocycles. The first-order valence-electron chi connectivity index (χ1n) is 13.4. The molecule has 192 valence electrons. The van der Waals surface area contributed by atoms with E-state index in [0.29, 0.717) is 5.92 Å². The number of para-hydroxylation sites is 2. The first-order valence-corrected chi connectivity index (χ1v) is 13.4. The van der Waals surface area contributed by atoms with Crippen molar-refractivity contribution in [3.63, 3.8) is 0 Å². The van der Waals surface area contributed by atoms with E-state index in [4.69, 9.17) is 4.98 Å². The molecule has 0 amide bonds. The molecule has 4 nitrogen and oxygen atoms in total. The van der Waals surface area contributed by atoms with Crippen LogP contribution in [0.4, 0.5) is 0 Å². The summed E-state index contributed by atoms with van der Waals surface area (Å²) in [5, 5.41) is 11.1. The van der Waals surface area contributed by atoms with Crippen molar-refractivity contribution in [1.29, 1.82) is 0 Å². The summed E-state index contributed by atoms with van der Waals surface area (Å²) in [4.78, 5) is 9.82. The van der Waals surface area contributed by atoms with Crippen LogP contribution in [0.2, 0.25) is 0 Å². The summed E-state index contributed by atoms with van der Waals surface area (Å²) >= 11 is 0. The van der Waals surface area contributed by atoms with Crippen molar-refractivity contribution in [2.45, 2.75) is 33.6 Å². The van der Waals surface area contributed by atoms with Gasteiger partial charge in [0.1, 0.15) is 11.6 Å². The molecule has 0 unspecified atom stereocenters. The van der Waals surface area contributed by atoms with Gasteiger partial charge in [-0.3, -0.25) is 9.55 Å². The Labute approximate surface area is 229 Å². The summed E-state index contributed by atoms with van der Waals surface area (Å²) in [7, 11) is 0.